The van der Waals surface area contributed by atoms with E-state index in [0.717, 1.165) is 0 Å². The fourth-order valence-corrected chi connectivity index (χ4v) is 1.22. The van der Waals surface area contributed by atoms with Gasteiger partial charge in [-0.15, -0.1) is 0 Å². The van der Waals surface area contributed by atoms with Crippen LogP contribution in [0.3, 0.4) is 0 Å². The smallest absolute Gasteiger partial charge is 0.337 e. The van der Waals surface area contributed by atoms with E-state index in [1.54, 1.807) is 0 Å². The molecular formula is C9H10N2O6. The lowest BCUT2D eigenvalue weighted by Gasteiger charge is -2.11. The Balaban J connectivity index is 2.86. The van der Waals surface area contributed by atoms with Crippen molar-refractivity contribution in [3.63, 3.8) is 0 Å². The number of carbonyl (C=O) groups is 3. The van der Waals surface area contributed by atoms with Gasteiger partial charge in [-0.2, -0.15) is 0 Å². The van der Waals surface area contributed by atoms with E-state index in [0.29, 0.717) is 0 Å². The highest BCUT2D eigenvalue weighted by Gasteiger charge is 2.26. The molecule has 0 radical (unpaired) electrons. The summed E-state index contributed by atoms with van der Waals surface area (Å²) in [6.07, 6.45) is 1.05. The van der Waals surface area contributed by atoms with E-state index in [-0.39, 0.29) is 17.8 Å². The molecule has 0 unspecified atom stereocenters. The lowest BCUT2D eigenvalue weighted by molar-refractivity contribution is -0.148. The summed E-state index contributed by atoms with van der Waals surface area (Å²) in [5.74, 6) is -4.15. The van der Waals surface area contributed by atoms with Gasteiger partial charge in [-0.3, -0.25) is 4.79 Å². The third kappa shape index (κ3) is 3.23. The molecule has 0 amide bonds. The maximum Gasteiger partial charge on any atom is 0.337 e. The quantitative estimate of drug-likeness (QED) is 0.427. The van der Waals surface area contributed by atoms with Crippen LogP contribution in [0.1, 0.15) is 5.56 Å². The van der Waals surface area contributed by atoms with Crippen LogP contribution in [-0.4, -0.2) is 44.3 Å². The minimum Gasteiger partial charge on any atom is -0.481 e. The van der Waals surface area contributed by atoms with E-state index in [1.807, 2.05) is 0 Å². The number of aromatic nitrogens is 1. The van der Waals surface area contributed by atoms with Crippen LogP contribution in [0.5, 0.6) is 0 Å². The van der Waals surface area contributed by atoms with Crippen LogP contribution in [0.15, 0.2) is 12.3 Å². The number of hydrogen-bond acceptors (Lipinski definition) is 4. The Hall–Kier alpha value is -2.51. The molecule has 0 spiro atoms. The molecule has 8 nitrogen and oxygen atoms in total. The summed E-state index contributed by atoms with van der Waals surface area (Å²) < 4.78 is 0. The van der Waals surface area contributed by atoms with Crippen LogP contribution in [0.25, 0.3) is 0 Å². The normalized spacial score (nSPS) is 10.2. The van der Waals surface area contributed by atoms with E-state index in [9.17, 15) is 14.4 Å². The van der Waals surface area contributed by atoms with Crippen molar-refractivity contribution in [2.24, 2.45) is 0 Å². The first-order valence-electron chi connectivity index (χ1n) is 4.52. The molecule has 0 aliphatic heterocycles. The molecule has 0 aromatic carbocycles. The number of anilines is 1. The molecule has 1 heterocycles. The molecule has 8 heteroatoms. The van der Waals surface area contributed by atoms with Crippen molar-refractivity contribution >= 4 is 23.7 Å². The zero-order valence-corrected chi connectivity index (χ0v) is 8.51. The van der Waals surface area contributed by atoms with E-state index < -0.39 is 23.9 Å². The molecule has 0 saturated heterocycles. The fourth-order valence-electron chi connectivity index (χ4n) is 1.22. The van der Waals surface area contributed by atoms with Gasteiger partial charge < -0.3 is 25.6 Å². The molecule has 0 fully saturated rings. The Bertz CT molecular complexity index is 438. The maximum atomic E-state index is 10.6. The Labute approximate surface area is 94.9 Å². The van der Waals surface area contributed by atoms with Crippen molar-refractivity contribution in [3.05, 3.63) is 17.8 Å². The second kappa shape index (κ2) is 5.01. The average molecular weight is 242 g/mol. The van der Waals surface area contributed by atoms with Gasteiger partial charge in [0.25, 0.3) is 0 Å². The Morgan fingerprint density at radius 3 is 2.29 bits per heavy atom. The summed E-state index contributed by atoms with van der Waals surface area (Å²) in [4.78, 5) is 34.3. The van der Waals surface area contributed by atoms with E-state index in [1.165, 1.54) is 12.3 Å². The van der Waals surface area contributed by atoms with E-state index in [4.69, 9.17) is 15.3 Å². The largest absolute Gasteiger partial charge is 0.481 e. The van der Waals surface area contributed by atoms with Crippen LogP contribution in [0, 0.1) is 0 Å². The number of carboxylic acid groups (broad SMARTS) is 3. The highest BCUT2D eigenvalue weighted by atomic mass is 16.4. The second-order valence-electron chi connectivity index (χ2n) is 3.20. The number of H-pyrrole nitrogens is 1. The molecule has 0 aliphatic carbocycles. The molecule has 17 heavy (non-hydrogen) atoms. The number of hydrogen-bond donors (Lipinski definition) is 5. The summed E-state index contributed by atoms with van der Waals surface area (Å²) in [6, 6.07) is -0.404. The Kier molecular flexibility index (Phi) is 3.70. The van der Waals surface area contributed by atoms with Crippen LogP contribution >= 0.6 is 0 Å². The first-order chi connectivity index (χ1) is 7.91. The molecule has 92 valence electrons. The molecular weight excluding hydrogens is 232 g/mol. The summed E-state index contributed by atoms with van der Waals surface area (Å²) in [6.45, 7) is 0. The maximum absolute atomic E-state index is 10.6. The van der Waals surface area contributed by atoms with E-state index >= 15 is 0 Å². The van der Waals surface area contributed by atoms with Crippen molar-refractivity contribution < 1.29 is 29.7 Å². The topological polar surface area (TPSA) is 140 Å². The Morgan fingerprint density at radius 2 is 1.82 bits per heavy atom. The van der Waals surface area contributed by atoms with Gasteiger partial charge in [-0.1, -0.05) is 0 Å². The van der Waals surface area contributed by atoms with Gasteiger partial charge >= 0.3 is 17.9 Å². The molecule has 0 atom stereocenters. The first kappa shape index (κ1) is 12.6. The first-order valence-corrected chi connectivity index (χ1v) is 4.52. The highest BCUT2D eigenvalue weighted by molar-refractivity contribution is 6.00. The van der Waals surface area contributed by atoms with Gasteiger partial charge in [0.1, 0.15) is 5.82 Å². The van der Waals surface area contributed by atoms with Crippen molar-refractivity contribution in [1.29, 1.82) is 0 Å². The van der Waals surface area contributed by atoms with Crippen molar-refractivity contribution in [3.8, 4) is 0 Å². The zero-order valence-electron chi connectivity index (χ0n) is 8.51. The number of carboxylic acids is 3. The fraction of sp³-hybridized carbons (Fsp3) is 0.222. The van der Waals surface area contributed by atoms with Gasteiger partial charge in [0.05, 0.1) is 6.42 Å². The predicted molar refractivity (Wildman–Crippen MR) is 54.8 cm³/mol. The van der Waals surface area contributed by atoms with Crippen molar-refractivity contribution in [1.82, 2.24) is 4.98 Å². The minimum atomic E-state index is -1.83. The number of rotatable bonds is 6. The lowest BCUT2D eigenvalue weighted by Crippen LogP contribution is -2.37. The standard InChI is InChI=1S/C9H10N2O6/c12-5(13)3-4-1-2-10-7(4)11-6(8(14)15)9(16)17/h1-2,6,10-11H,3H2,(H,12,13)(H,14,15)(H,16,17). The third-order valence-corrected chi connectivity index (χ3v) is 1.96. The number of nitrogens with one attached hydrogen (secondary N) is 2. The molecule has 0 bridgehead atoms. The van der Waals surface area contributed by atoms with Crippen LogP contribution in [0.4, 0.5) is 5.82 Å². The average Bonchev–Trinajstić information content (AvgIpc) is 2.59. The SMILES string of the molecule is O=C(O)Cc1cc[nH]c1NC(C(=O)O)C(=O)O. The van der Waals surface area contributed by atoms with Crippen molar-refractivity contribution in [2.45, 2.75) is 12.5 Å². The molecule has 0 saturated carbocycles. The van der Waals surface area contributed by atoms with Gasteiger partial charge in [0.15, 0.2) is 0 Å². The second-order valence-corrected chi connectivity index (χ2v) is 3.20. The van der Waals surface area contributed by atoms with Gasteiger partial charge in [-0.05, 0) is 6.07 Å². The zero-order chi connectivity index (χ0) is 13.0. The van der Waals surface area contributed by atoms with Gasteiger partial charge in [0.2, 0.25) is 6.04 Å². The lowest BCUT2D eigenvalue weighted by atomic mass is 10.2. The summed E-state index contributed by atoms with van der Waals surface area (Å²) in [7, 11) is 0. The van der Waals surface area contributed by atoms with Crippen LogP contribution in [-0.2, 0) is 20.8 Å². The highest BCUT2D eigenvalue weighted by Crippen LogP contribution is 2.14. The van der Waals surface area contributed by atoms with Crippen LogP contribution in [0.2, 0.25) is 0 Å². The minimum absolute atomic E-state index is 0.0715. The Morgan fingerprint density at radius 1 is 1.24 bits per heavy atom. The van der Waals surface area contributed by atoms with E-state index in [2.05, 4.69) is 10.3 Å². The monoisotopic (exact) mass is 242 g/mol. The predicted octanol–water partition coefficient (Wildman–Crippen LogP) is -0.408. The summed E-state index contributed by atoms with van der Waals surface area (Å²) in [5.41, 5.74) is 0.282. The van der Waals surface area contributed by atoms with Gasteiger partial charge in [-0.25, -0.2) is 9.59 Å². The third-order valence-electron chi connectivity index (χ3n) is 1.96. The summed E-state index contributed by atoms with van der Waals surface area (Å²) in [5, 5.41) is 28.1. The molecule has 1 aromatic heterocycles. The van der Waals surface area contributed by atoms with Gasteiger partial charge in [0, 0.05) is 11.8 Å². The number of aliphatic carboxylic acids is 3. The molecule has 1 rings (SSSR count). The molecule has 5 N–H and O–H groups in total. The molecule has 0 aliphatic rings. The van der Waals surface area contributed by atoms with Crippen LogP contribution < -0.4 is 5.32 Å². The number of aromatic amines is 1. The molecule has 1 aromatic rings. The van der Waals surface area contributed by atoms with Crippen molar-refractivity contribution in [2.75, 3.05) is 5.32 Å². The summed E-state index contributed by atoms with van der Waals surface area (Å²) >= 11 is 0.